The van der Waals surface area contributed by atoms with Crippen molar-refractivity contribution in [2.75, 3.05) is 19.7 Å². The number of amides is 1. The van der Waals surface area contributed by atoms with E-state index in [1.807, 2.05) is 13.8 Å². The number of phenols is 1. The third-order valence-corrected chi connectivity index (χ3v) is 2.90. The number of nitrogens with zero attached hydrogens (tertiary/aromatic N) is 1. The molecule has 0 aliphatic carbocycles. The Hall–Kier alpha value is -1.62. The number of benzene rings is 1. The summed E-state index contributed by atoms with van der Waals surface area (Å²) in [6, 6.07) is 3.55. The van der Waals surface area contributed by atoms with Crippen molar-refractivity contribution in [1.82, 2.24) is 4.90 Å². The van der Waals surface area contributed by atoms with Gasteiger partial charge >= 0.3 is 0 Å². The molecule has 1 aliphatic rings. The summed E-state index contributed by atoms with van der Waals surface area (Å²) in [7, 11) is 0. The Kier molecular flexibility index (Phi) is 3.26. The second kappa shape index (κ2) is 4.57. The van der Waals surface area contributed by atoms with Crippen molar-refractivity contribution in [3.63, 3.8) is 0 Å². The molecule has 1 N–H and O–H groups in total. The molecule has 1 heterocycles. The molecule has 0 bridgehead atoms. The van der Waals surface area contributed by atoms with E-state index in [1.54, 1.807) is 4.90 Å². The van der Waals surface area contributed by atoms with Crippen molar-refractivity contribution in [3.05, 3.63) is 29.6 Å². The van der Waals surface area contributed by atoms with Crippen LogP contribution in [0.4, 0.5) is 4.39 Å². The van der Waals surface area contributed by atoms with Crippen LogP contribution >= 0.6 is 0 Å². The second-order valence-electron chi connectivity index (χ2n) is 5.00. The fourth-order valence-corrected chi connectivity index (χ4v) is 2.04. The van der Waals surface area contributed by atoms with Crippen molar-refractivity contribution in [2.24, 2.45) is 0 Å². The third-order valence-electron chi connectivity index (χ3n) is 2.90. The van der Waals surface area contributed by atoms with Gasteiger partial charge in [0.15, 0.2) is 0 Å². The van der Waals surface area contributed by atoms with Gasteiger partial charge in [-0.15, -0.1) is 0 Å². The van der Waals surface area contributed by atoms with E-state index in [-0.39, 0.29) is 17.2 Å². The summed E-state index contributed by atoms with van der Waals surface area (Å²) in [6.07, 6.45) is 0. The van der Waals surface area contributed by atoms with Gasteiger partial charge in [-0.25, -0.2) is 4.39 Å². The smallest absolute Gasteiger partial charge is 0.257 e. The zero-order valence-electron chi connectivity index (χ0n) is 10.4. The summed E-state index contributed by atoms with van der Waals surface area (Å²) in [4.78, 5) is 13.7. The fourth-order valence-electron chi connectivity index (χ4n) is 2.04. The molecular formula is C13H16FNO3. The zero-order chi connectivity index (χ0) is 13.3. The van der Waals surface area contributed by atoms with E-state index in [4.69, 9.17) is 9.84 Å². The lowest BCUT2D eigenvalue weighted by molar-refractivity contribution is -0.0764. The Balaban J connectivity index is 2.20. The van der Waals surface area contributed by atoms with Crippen molar-refractivity contribution in [2.45, 2.75) is 19.4 Å². The number of rotatable bonds is 1. The lowest BCUT2D eigenvalue weighted by Gasteiger charge is -2.38. The van der Waals surface area contributed by atoms with Crippen LogP contribution in [0.25, 0.3) is 0 Å². The zero-order valence-corrected chi connectivity index (χ0v) is 10.4. The van der Waals surface area contributed by atoms with Gasteiger partial charge < -0.3 is 14.7 Å². The molecule has 1 aliphatic heterocycles. The number of hydrogen-bond acceptors (Lipinski definition) is 3. The molecule has 0 saturated carbocycles. The predicted molar refractivity (Wildman–Crippen MR) is 64.0 cm³/mol. The minimum Gasteiger partial charge on any atom is -0.508 e. The minimum atomic E-state index is -0.704. The van der Waals surface area contributed by atoms with Gasteiger partial charge in [-0.2, -0.15) is 0 Å². The summed E-state index contributed by atoms with van der Waals surface area (Å²) in [5.41, 5.74) is -0.438. The van der Waals surface area contributed by atoms with Gasteiger partial charge in [0.1, 0.15) is 11.6 Å². The van der Waals surface area contributed by atoms with Gasteiger partial charge in [0.05, 0.1) is 17.8 Å². The number of morpholine rings is 1. The molecule has 1 aromatic carbocycles. The van der Waals surface area contributed by atoms with Crippen LogP contribution in [0.5, 0.6) is 5.75 Å². The monoisotopic (exact) mass is 253 g/mol. The summed E-state index contributed by atoms with van der Waals surface area (Å²) < 4.78 is 19.1. The van der Waals surface area contributed by atoms with Crippen molar-refractivity contribution >= 4 is 5.91 Å². The summed E-state index contributed by atoms with van der Waals surface area (Å²) in [6.45, 7) is 5.09. The molecule has 0 spiro atoms. The fraction of sp³-hybridized carbons (Fsp3) is 0.462. The third kappa shape index (κ3) is 2.61. The first-order valence-electron chi connectivity index (χ1n) is 5.81. The van der Waals surface area contributed by atoms with Crippen LogP contribution in [0.2, 0.25) is 0 Å². The molecule has 0 atom stereocenters. The topological polar surface area (TPSA) is 49.8 Å². The second-order valence-corrected chi connectivity index (χ2v) is 5.00. The lowest BCUT2D eigenvalue weighted by atomic mass is 10.1. The van der Waals surface area contributed by atoms with Crippen molar-refractivity contribution in [1.29, 1.82) is 0 Å². The van der Waals surface area contributed by atoms with Crippen molar-refractivity contribution < 1.29 is 19.0 Å². The van der Waals surface area contributed by atoms with Crippen LogP contribution in [0.3, 0.4) is 0 Å². The highest BCUT2D eigenvalue weighted by Gasteiger charge is 2.31. The molecule has 2 rings (SSSR count). The van der Waals surface area contributed by atoms with Crippen LogP contribution in [0.15, 0.2) is 18.2 Å². The van der Waals surface area contributed by atoms with E-state index in [1.165, 1.54) is 12.1 Å². The Morgan fingerprint density at radius 2 is 2.22 bits per heavy atom. The van der Waals surface area contributed by atoms with E-state index in [9.17, 15) is 9.18 Å². The Morgan fingerprint density at radius 1 is 1.50 bits per heavy atom. The Bertz CT molecular complexity index is 473. The largest absolute Gasteiger partial charge is 0.508 e. The average Bonchev–Trinajstić information content (AvgIpc) is 2.27. The van der Waals surface area contributed by atoms with E-state index < -0.39 is 11.4 Å². The normalized spacial score (nSPS) is 18.7. The van der Waals surface area contributed by atoms with E-state index in [0.717, 1.165) is 6.07 Å². The van der Waals surface area contributed by atoms with Crippen LogP contribution in [0, 0.1) is 5.82 Å². The first-order chi connectivity index (χ1) is 8.39. The highest BCUT2D eigenvalue weighted by Crippen LogP contribution is 2.21. The molecule has 5 heteroatoms. The molecule has 0 unspecified atom stereocenters. The van der Waals surface area contributed by atoms with Crippen LogP contribution in [-0.4, -0.2) is 41.2 Å². The minimum absolute atomic E-state index is 0.0227. The maximum Gasteiger partial charge on any atom is 0.257 e. The molecule has 18 heavy (non-hydrogen) atoms. The van der Waals surface area contributed by atoms with Crippen LogP contribution in [0.1, 0.15) is 24.2 Å². The van der Waals surface area contributed by atoms with Crippen molar-refractivity contribution in [3.8, 4) is 5.75 Å². The maximum atomic E-state index is 13.6. The quantitative estimate of drug-likeness (QED) is 0.830. The van der Waals surface area contributed by atoms with Gasteiger partial charge in [-0.3, -0.25) is 4.79 Å². The highest BCUT2D eigenvalue weighted by molar-refractivity contribution is 5.94. The molecule has 1 amide bonds. The number of aromatic hydroxyl groups is 1. The summed E-state index contributed by atoms with van der Waals surface area (Å²) in [5, 5.41) is 9.13. The average molecular weight is 253 g/mol. The number of carbonyl (C=O) groups excluding carboxylic acids is 1. The van der Waals surface area contributed by atoms with Crippen LogP contribution < -0.4 is 0 Å². The first kappa shape index (κ1) is 12.8. The van der Waals surface area contributed by atoms with Gasteiger partial charge in [-0.05, 0) is 26.0 Å². The SMILES string of the molecule is CC1(C)CN(C(=O)c2ccc(O)cc2F)CCO1. The predicted octanol–water partition coefficient (Wildman–Crippen LogP) is 1.78. The summed E-state index contributed by atoms with van der Waals surface area (Å²) >= 11 is 0. The standard InChI is InChI=1S/C13H16FNO3/c1-13(2)8-15(5-6-18-13)12(17)10-4-3-9(16)7-11(10)14/h3-4,7,16H,5-6,8H2,1-2H3. The molecule has 0 radical (unpaired) electrons. The first-order valence-corrected chi connectivity index (χ1v) is 5.81. The lowest BCUT2D eigenvalue weighted by Crippen LogP contribution is -2.50. The van der Waals surface area contributed by atoms with Gasteiger partial charge in [0, 0.05) is 19.2 Å². The molecule has 4 nitrogen and oxygen atoms in total. The number of carbonyl (C=O) groups is 1. The summed E-state index contributed by atoms with van der Waals surface area (Å²) in [5.74, 6) is -1.26. The van der Waals surface area contributed by atoms with E-state index in [2.05, 4.69) is 0 Å². The molecular weight excluding hydrogens is 237 g/mol. The van der Waals surface area contributed by atoms with Gasteiger partial charge in [-0.1, -0.05) is 0 Å². The molecule has 0 aromatic heterocycles. The van der Waals surface area contributed by atoms with Gasteiger partial charge in [0.2, 0.25) is 0 Å². The molecule has 1 saturated heterocycles. The van der Waals surface area contributed by atoms with Crippen LogP contribution in [-0.2, 0) is 4.74 Å². The number of halogens is 1. The maximum absolute atomic E-state index is 13.6. The highest BCUT2D eigenvalue weighted by atomic mass is 19.1. The Morgan fingerprint density at radius 3 is 2.83 bits per heavy atom. The molecule has 1 fully saturated rings. The Labute approximate surface area is 105 Å². The van der Waals surface area contributed by atoms with Gasteiger partial charge in [0.25, 0.3) is 5.91 Å². The van der Waals surface area contributed by atoms with E-state index >= 15 is 0 Å². The number of hydrogen-bond donors (Lipinski definition) is 1. The van der Waals surface area contributed by atoms with E-state index in [0.29, 0.717) is 19.7 Å². The number of phenolic OH excluding ortho intramolecular Hbond substituents is 1. The molecule has 1 aromatic rings. The number of ether oxygens (including phenoxy) is 1. The molecule has 98 valence electrons.